The van der Waals surface area contributed by atoms with E-state index in [2.05, 4.69) is 102 Å². The van der Waals surface area contributed by atoms with Crippen molar-refractivity contribution in [2.75, 3.05) is 0 Å². The van der Waals surface area contributed by atoms with Crippen molar-refractivity contribution in [3.8, 4) is 5.69 Å². The molecule has 10 rings (SSSR count). The SMILES string of the molecule is Clc1cc(Cl)c([C](c2c(Cl)cc(Cl)cc2Cl)c2c(Cl)cc(-n3c4ccc5ccc6ccccc6c5c4c4c5c(ccc6ccccc65)ccc43)cc2Cl)c(Cl)c1. The van der Waals surface area contributed by atoms with Crippen molar-refractivity contribution in [1.82, 2.24) is 4.57 Å². The van der Waals surface area contributed by atoms with Gasteiger partial charge in [-0.1, -0.05) is 178 Å². The number of hydrogen-bond donors (Lipinski definition) is 0. The number of benzene rings is 9. The second kappa shape index (κ2) is 13.9. The third-order valence-electron chi connectivity index (χ3n) is 10.6. The largest absolute Gasteiger partial charge is 0.309 e. The Balaban J connectivity index is 1.33. The van der Waals surface area contributed by atoms with Crippen LogP contribution in [0, 0.1) is 5.92 Å². The van der Waals surface area contributed by atoms with Gasteiger partial charge in [-0.15, -0.1) is 0 Å². The quantitative estimate of drug-likeness (QED) is 0.123. The monoisotopic (exact) mass is 880 g/mol. The third kappa shape index (κ3) is 5.67. The van der Waals surface area contributed by atoms with E-state index in [0.717, 1.165) is 49.0 Å². The minimum atomic E-state index is 0.261. The lowest BCUT2D eigenvalue weighted by Gasteiger charge is -2.25. The molecule has 0 saturated carbocycles. The molecule has 0 aliphatic rings. The van der Waals surface area contributed by atoms with Gasteiger partial charge in [-0.3, -0.25) is 0 Å². The third-order valence-corrected chi connectivity index (χ3v) is 12.8. The Bertz CT molecular complexity index is 3050. The summed E-state index contributed by atoms with van der Waals surface area (Å²) in [5, 5.41) is 14.0. The lowest BCUT2D eigenvalue weighted by atomic mass is 9.84. The highest BCUT2D eigenvalue weighted by molar-refractivity contribution is 6.43. The van der Waals surface area contributed by atoms with Crippen molar-refractivity contribution >= 4 is 158 Å². The van der Waals surface area contributed by atoms with Crippen molar-refractivity contribution in [3.63, 3.8) is 0 Å². The summed E-state index contributed by atoms with van der Waals surface area (Å²) in [5.41, 5.74) is 4.01. The number of hydrogen-bond acceptors (Lipinski definition) is 0. The molecule has 0 aliphatic heterocycles. The molecule has 0 aliphatic carbocycles. The second-order valence-corrected chi connectivity index (χ2v) is 17.0. The summed E-state index contributed by atoms with van der Waals surface area (Å²) in [6, 6.07) is 44.7. The molecular weight excluding hydrogens is 862 g/mol. The molecule has 9 heteroatoms. The fourth-order valence-electron chi connectivity index (χ4n) is 8.32. The van der Waals surface area contributed by atoms with Crippen LogP contribution in [0.1, 0.15) is 16.7 Å². The molecule has 1 aromatic heterocycles. The van der Waals surface area contributed by atoms with Gasteiger partial charge in [-0.05, 0) is 91.6 Å². The average molecular weight is 884 g/mol. The summed E-state index contributed by atoms with van der Waals surface area (Å²) in [6.45, 7) is 0. The minimum Gasteiger partial charge on any atom is -0.309 e. The van der Waals surface area contributed by atoms with Gasteiger partial charge in [0.05, 0.1) is 17.0 Å². The molecule has 0 unspecified atom stereocenters. The summed E-state index contributed by atoms with van der Waals surface area (Å²) in [6.07, 6.45) is 0. The van der Waals surface area contributed by atoms with Gasteiger partial charge in [-0.2, -0.15) is 0 Å². The van der Waals surface area contributed by atoms with Gasteiger partial charge in [0.2, 0.25) is 0 Å². The summed E-state index contributed by atoms with van der Waals surface area (Å²) in [4.78, 5) is 0. The summed E-state index contributed by atoms with van der Waals surface area (Å²) in [5.74, 6) is 0.432. The molecule has 271 valence electrons. The fourth-order valence-corrected chi connectivity index (χ4v) is 11.0. The molecule has 0 saturated heterocycles. The smallest absolute Gasteiger partial charge is 0.0720 e. The van der Waals surface area contributed by atoms with Gasteiger partial charge in [0, 0.05) is 73.3 Å². The molecule has 10 aromatic rings. The molecule has 1 radical (unpaired) electrons. The molecular formula is C47H22Cl8N. The summed E-state index contributed by atoms with van der Waals surface area (Å²) >= 11 is 55.2. The van der Waals surface area contributed by atoms with E-state index in [0.29, 0.717) is 42.7 Å². The predicted molar refractivity (Wildman–Crippen MR) is 244 cm³/mol. The lowest BCUT2D eigenvalue weighted by Crippen LogP contribution is -2.10. The maximum Gasteiger partial charge on any atom is 0.0720 e. The van der Waals surface area contributed by atoms with Crippen molar-refractivity contribution in [3.05, 3.63) is 196 Å². The molecule has 0 amide bonds. The average Bonchev–Trinajstić information content (AvgIpc) is 3.51. The maximum absolute atomic E-state index is 7.42. The van der Waals surface area contributed by atoms with E-state index in [9.17, 15) is 0 Å². The first-order valence-electron chi connectivity index (χ1n) is 17.4. The molecule has 9 aromatic carbocycles. The molecule has 0 bridgehead atoms. The zero-order valence-electron chi connectivity index (χ0n) is 28.7. The van der Waals surface area contributed by atoms with Gasteiger partial charge in [0.15, 0.2) is 0 Å². The van der Waals surface area contributed by atoms with E-state index in [1.165, 1.54) is 21.5 Å². The van der Waals surface area contributed by atoms with Crippen LogP contribution in [-0.4, -0.2) is 4.57 Å². The van der Waals surface area contributed by atoms with Crippen molar-refractivity contribution < 1.29 is 0 Å². The van der Waals surface area contributed by atoms with Crippen molar-refractivity contribution in [2.45, 2.75) is 0 Å². The topological polar surface area (TPSA) is 4.93 Å². The second-order valence-electron chi connectivity index (χ2n) is 13.7. The Labute approximate surface area is 361 Å². The van der Waals surface area contributed by atoms with Crippen LogP contribution in [0.5, 0.6) is 0 Å². The molecule has 56 heavy (non-hydrogen) atoms. The number of aromatic nitrogens is 1. The normalized spacial score (nSPS) is 12.1. The summed E-state index contributed by atoms with van der Waals surface area (Å²) < 4.78 is 2.23. The van der Waals surface area contributed by atoms with E-state index in [1.54, 1.807) is 24.3 Å². The Morgan fingerprint density at radius 2 is 0.679 bits per heavy atom. The van der Waals surface area contributed by atoms with Gasteiger partial charge >= 0.3 is 0 Å². The predicted octanol–water partition coefficient (Wildman–Crippen LogP) is 17.6. The Morgan fingerprint density at radius 3 is 1.09 bits per heavy atom. The lowest BCUT2D eigenvalue weighted by molar-refractivity contribution is 1.16. The van der Waals surface area contributed by atoms with Crippen molar-refractivity contribution in [1.29, 1.82) is 0 Å². The van der Waals surface area contributed by atoms with E-state index in [4.69, 9.17) is 92.8 Å². The van der Waals surface area contributed by atoms with Crippen LogP contribution in [-0.2, 0) is 0 Å². The van der Waals surface area contributed by atoms with Crippen LogP contribution in [0.2, 0.25) is 40.2 Å². The van der Waals surface area contributed by atoms with Crippen LogP contribution < -0.4 is 0 Å². The van der Waals surface area contributed by atoms with Crippen molar-refractivity contribution in [2.24, 2.45) is 0 Å². The van der Waals surface area contributed by atoms with Gasteiger partial charge in [-0.25, -0.2) is 0 Å². The van der Waals surface area contributed by atoms with Gasteiger partial charge in [0.1, 0.15) is 0 Å². The maximum atomic E-state index is 7.42. The van der Waals surface area contributed by atoms with E-state index in [1.807, 2.05) is 12.1 Å². The van der Waals surface area contributed by atoms with Crippen LogP contribution in [0.3, 0.4) is 0 Å². The highest BCUT2D eigenvalue weighted by Gasteiger charge is 2.32. The number of fused-ring (bicyclic) bond motifs is 11. The Kier molecular flexibility index (Phi) is 9.06. The Morgan fingerprint density at radius 1 is 0.339 bits per heavy atom. The first-order chi connectivity index (χ1) is 27.1. The Hall–Kier alpha value is -3.86. The standard InChI is InChI=1S/C47H22Cl8N/c48-27-17-32(50)42(33(51)18-27)47(43-34(52)19-28(49)20-35(43)53)44-36(54)21-29(22-37(44)55)56-38-15-13-25-11-9-23-5-1-3-7-30(23)40(25)45(38)46-39(56)16-14-26-12-10-24-6-2-4-8-31(24)41(26)46/h1-22H. The number of nitrogens with zero attached hydrogens (tertiary/aromatic N) is 1. The molecule has 1 heterocycles. The first kappa shape index (κ1) is 36.5. The van der Waals surface area contributed by atoms with Gasteiger partial charge < -0.3 is 4.57 Å². The number of halogens is 8. The van der Waals surface area contributed by atoms with E-state index < -0.39 is 0 Å². The van der Waals surface area contributed by atoms with Crippen LogP contribution in [0.4, 0.5) is 0 Å². The molecule has 0 fully saturated rings. The van der Waals surface area contributed by atoms with Crippen LogP contribution in [0.15, 0.2) is 133 Å². The zero-order chi connectivity index (χ0) is 38.6. The highest BCUT2D eigenvalue weighted by atomic mass is 35.5. The molecule has 0 N–H and O–H groups in total. The highest BCUT2D eigenvalue weighted by Crippen LogP contribution is 2.51. The first-order valence-corrected chi connectivity index (χ1v) is 20.5. The minimum absolute atomic E-state index is 0.261. The summed E-state index contributed by atoms with van der Waals surface area (Å²) in [7, 11) is 0. The van der Waals surface area contributed by atoms with Crippen LogP contribution >= 0.6 is 92.8 Å². The number of rotatable bonds is 4. The van der Waals surface area contributed by atoms with E-state index >= 15 is 0 Å². The van der Waals surface area contributed by atoms with Crippen LogP contribution in [0.25, 0.3) is 70.6 Å². The fraction of sp³-hybridized carbons (Fsp3) is 0. The molecule has 0 atom stereocenters. The molecule has 0 spiro atoms. The van der Waals surface area contributed by atoms with Gasteiger partial charge in [0.25, 0.3) is 0 Å². The van der Waals surface area contributed by atoms with E-state index in [-0.39, 0.29) is 20.1 Å². The molecule has 1 nitrogen and oxygen atoms in total. The zero-order valence-corrected chi connectivity index (χ0v) is 34.7.